The lowest BCUT2D eigenvalue weighted by Gasteiger charge is -2.08. The van der Waals surface area contributed by atoms with E-state index in [1.165, 1.54) is 46.4 Å². The van der Waals surface area contributed by atoms with E-state index in [-0.39, 0.29) is 0 Å². The van der Waals surface area contributed by atoms with Crippen LogP contribution in [-0.4, -0.2) is 0 Å². The van der Waals surface area contributed by atoms with Crippen molar-refractivity contribution in [3.05, 3.63) is 72.8 Å². The van der Waals surface area contributed by atoms with Crippen molar-refractivity contribution >= 4 is 21.5 Å². The standard InChI is InChI=1S/C21H21/c1-2-3-4-5-6-10-17-13-9-14-20-15-18-11-7-8-12-19(18)16-21(17)20/h1-2,7-9,11-16H,3-6,10H2. The highest BCUT2D eigenvalue weighted by Crippen LogP contribution is 2.26. The minimum atomic E-state index is 1.03. The van der Waals surface area contributed by atoms with Crippen LogP contribution in [0.5, 0.6) is 0 Å². The molecule has 0 amide bonds. The highest BCUT2D eigenvalue weighted by molar-refractivity contribution is 5.99. The molecule has 21 heavy (non-hydrogen) atoms. The van der Waals surface area contributed by atoms with E-state index in [0.29, 0.717) is 0 Å². The molecule has 105 valence electrons. The quantitative estimate of drug-likeness (QED) is 0.377. The van der Waals surface area contributed by atoms with Crippen LogP contribution in [0.2, 0.25) is 0 Å². The van der Waals surface area contributed by atoms with Crippen LogP contribution in [0.15, 0.2) is 60.7 Å². The Morgan fingerprint density at radius 3 is 2.33 bits per heavy atom. The van der Waals surface area contributed by atoms with Crippen molar-refractivity contribution < 1.29 is 0 Å². The molecular formula is C21H21. The lowest BCUT2D eigenvalue weighted by molar-refractivity contribution is 0.689. The van der Waals surface area contributed by atoms with E-state index in [4.69, 9.17) is 6.58 Å². The van der Waals surface area contributed by atoms with E-state index in [2.05, 4.69) is 54.6 Å². The molecule has 3 aromatic rings. The molecular weight excluding hydrogens is 252 g/mol. The average molecular weight is 273 g/mol. The van der Waals surface area contributed by atoms with Crippen molar-refractivity contribution in [2.24, 2.45) is 0 Å². The Labute approximate surface area is 127 Å². The molecule has 0 N–H and O–H groups in total. The zero-order valence-corrected chi connectivity index (χ0v) is 12.4. The van der Waals surface area contributed by atoms with E-state index in [0.717, 1.165) is 12.8 Å². The second-order valence-electron chi connectivity index (χ2n) is 5.67. The Kier molecular flexibility index (Phi) is 4.35. The Hall–Kier alpha value is -2.08. The Morgan fingerprint density at radius 1 is 0.762 bits per heavy atom. The van der Waals surface area contributed by atoms with Gasteiger partial charge < -0.3 is 0 Å². The smallest absolute Gasteiger partial charge is 0.0146 e. The molecule has 1 radical (unpaired) electrons. The number of unbranched alkanes of at least 4 members (excludes halogenated alkanes) is 3. The van der Waals surface area contributed by atoms with Crippen molar-refractivity contribution in [3.8, 4) is 0 Å². The van der Waals surface area contributed by atoms with Gasteiger partial charge >= 0.3 is 0 Å². The fraction of sp³-hybridized carbons (Fsp3) is 0.238. The second-order valence-corrected chi connectivity index (χ2v) is 5.67. The maximum atomic E-state index is 5.42. The Morgan fingerprint density at radius 2 is 1.52 bits per heavy atom. The fourth-order valence-corrected chi connectivity index (χ4v) is 3.00. The summed E-state index contributed by atoms with van der Waals surface area (Å²) in [6, 6.07) is 19.9. The zero-order valence-electron chi connectivity index (χ0n) is 12.4. The number of hydrogen-bond donors (Lipinski definition) is 0. The molecule has 0 unspecified atom stereocenters. The summed E-state index contributed by atoms with van der Waals surface area (Å²) in [7, 11) is 0. The largest absolute Gasteiger partial charge is 0.0845 e. The third-order valence-corrected chi connectivity index (χ3v) is 4.15. The molecule has 0 saturated carbocycles. The van der Waals surface area contributed by atoms with Crippen molar-refractivity contribution in [2.45, 2.75) is 32.1 Å². The minimum absolute atomic E-state index is 1.03. The van der Waals surface area contributed by atoms with Gasteiger partial charge in [0.2, 0.25) is 0 Å². The topological polar surface area (TPSA) is 0 Å². The van der Waals surface area contributed by atoms with Crippen molar-refractivity contribution in [3.63, 3.8) is 0 Å². The van der Waals surface area contributed by atoms with Gasteiger partial charge in [0.25, 0.3) is 0 Å². The summed E-state index contributed by atoms with van der Waals surface area (Å²) >= 11 is 0. The summed E-state index contributed by atoms with van der Waals surface area (Å²) in [5, 5.41) is 5.40. The summed E-state index contributed by atoms with van der Waals surface area (Å²) in [6.07, 6.45) is 7.63. The second kappa shape index (κ2) is 6.58. The molecule has 0 aliphatic rings. The predicted octanol–water partition coefficient (Wildman–Crippen LogP) is 6.09. The summed E-state index contributed by atoms with van der Waals surface area (Å²) in [5.41, 5.74) is 1.47. The average Bonchev–Trinajstić information content (AvgIpc) is 2.53. The fourth-order valence-electron chi connectivity index (χ4n) is 3.00. The lowest BCUT2D eigenvalue weighted by atomic mass is 9.96. The normalized spacial score (nSPS) is 11.0. The third kappa shape index (κ3) is 3.16. The maximum Gasteiger partial charge on any atom is -0.0146 e. The van der Waals surface area contributed by atoms with Crippen molar-refractivity contribution in [1.82, 2.24) is 0 Å². The molecule has 0 atom stereocenters. The monoisotopic (exact) mass is 273 g/mol. The first-order valence-corrected chi connectivity index (χ1v) is 7.82. The minimum Gasteiger partial charge on any atom is -0.0845 e. The molecule has 0 bridgehead atoms. The number of rotatable bonds is 6. The van der Waals surface area contributed by atoms with Gasteiger partial charge in [-0.3, -0.25) is 0 Å². The number of fused-ring (bicyclic) bond motifs is 2. The van der Waals surface area contributed by atoms with Crippen molar-refractivity contribution in [2.75, 3.05) is 0 Å². The molecule has 3 rings (SSSR count). The van der Waals surface area contributed by atoms with Gasteiger partial charge in [0.05, 0.1) is 0 Å². The molecule has 0 saturated heterocycles. The molecule has 3 aromatic carbocycles. The van der Waals surface area contributed by atoms with Crippen molar-refractivity contribution in [1.29, 1.82) is 0 Å². The van der Waals surface area contributed by atoms with Gasteiger partial charge in [-0.1, -0.05) is 61.5 Å². The van der Waals surface area contributed by atoms with Crippen LogP contribution in [0, 0.1) is 6.58 Å². The Bertz CT molecular complexity index is 752. The lowest BCUT2D eigenvalue weighted by Crippen LogP contribution is -1.88. The Balaban J connectivity index is 1.88. The first-order valence-electron chi connectivity index (χ1n) is 7.82. The van der Waals surface area contributed by atoms with E-state index in [9.17, 15) is 0 Å². The van der Waals surface area contributed by atoms with Gasteiger partial charge in [-0.05, 0) is 64.9 Å². The molecule has 0 aliphatic carbocycles. The van der Waals surface area contributed by atoms with E-state index in [1.54, 1.807) is 6.08 Å². The summed E-state index contributed by atoms with van der Waals surface area (Å²) in [6.45, 7) is 5.42. The SMILES string of the molecule is [CH]=CCCCCCc1cccc2cc3ccccc3cc12. The maximum absolute atomic E-state index is 5.42. The summed E-state index contributed by atoms with van der Waals surface area (Å²) in [4.78, 5) is 0. The number of benzene rings is 3. The third-order valence-electron chi connectivity index (χ3n) is 4.15. The van der Waals surface area contributed by atoms with Crippen LogP contribution in [0.25, 0.3) is 21.5 Å². The first-order chi connectivity index (χ1) is 10.4. The van der Waals surface area contributed by atoms with E-state index in [1.807, 2.05) is 0 Å². The molecule has 0 aliphatic heterocycles. The zero-order chi connectivity index (χ0) is 14.5. The number of allylic oxidation sites excluding steroid dienone is 1. The van der Waals surface area contributed by atoms with Gasteiger partial charge in [-0.25, -0.2) is 0 Å². The molecule has 0 nitrogen and oxygen atoms in total. The summed E-state index contributed by atoms with van der Waals surface area (Å²) < 4.78 is 0. The van der Waals surface area contributed by atoms with Gasteiger partial charge in [-0.15, -0.1) is 0 Å². The number of aryl methyl sites for hydroxylation is 1. The molecule has 0 heteroatoms. The first kappa shape index (κ1) is 13.9. The van der Waals surface area contributed by atoms with Crippen LogP contribution < -0.4 is 0 Å². The highest BCUT2D eigenvalue weighted by Gasteiger charge is 2.03. The molecule has 0 spiro atoms. The molecule has 0 heterocycles. The van der Waals surface area contributed by atoms with Crippen LogP contribution in [0.3, 0.4) is 0 Å². The summed E-state index contributed by atoms with van der Waals surface area (Å²) in [5.74, 6) is 0. The van der Waals surface area contributed by atoms with E-state index < -0.39 is 0 Å². The van der Waals surface area contributed by atoms with Crippen LogP contribution >= 0.6 is 0 Å². The van der Waals surface area contributed by atoms with Gasteiger partial charge in [-0.2, -0.15) is 0 Å². The van der Waals surface area contributed by atoms with E-state index >= 15 is 0 Å². The predicted molar refractivity (Wildman–Crippen MR) is 92.5 cm³/mol. The number of hydrogen-bond acceptors (Lipinski definition) is 0. The highest BCUT2D eigenvalue weighted by atomic mass is 14.1. The van der Waals surface area contributed by atoms with Gasteiger partial charge in [0, 0.05) is 0 Å². The van der Waals surface area contributed by atoms with Gasteiger partial charge in [0.1, 0.15) is 0 Å². The van der Waals surface area contributed by atoms with Crippen LogP contribution in [-0.2, 0) is 6.42 Å². The van der Waals surface area contributed by atoms with Crippen LogP contribution in [0.1, 0.15) is 31.2 Å². The molecule has 0 fully saturated rings. The molecule has 0 aromatic heterocycles. The van der Waals surface area contributed by atoms with Crippen LogP contribution in [0.4, 0.5) is 0 Å². The van der Waals surface area contributed by atoms with Gasteiger partial charge in [0.15, 0.2) is 0 Å².